The highest BCUT2D eigenvalue weighted by Crippen LogP contribution is 2.26. The normalized spacial score (nSPS) is 11.5. The summed E-state index contributed by atoms with van der Waals surface area (Å²) >= 11 is 0. The van der Waals surface area contributed by atoms with Gasteiger partial charge < -0.3 is 14.1 Å². The van der Waals surface area contributed by atoms with Gasteiger partial charge in [0.15, 0.2) is 11.4 Å². The van der Waals surface area contributed by atoms with Gasteiger partial charge in [-0.25, -0.2) is 18.2 Å². The maximum Gasteiger partial charge on any atom is 0.419 e. The number of sulfonamides is 1. The predicted octanol–water partition coefficient (Wildman–Crippen LogP) is 0.797. The fraction of sp³-hybridized carbons (Fsp3) is 0.267. The molecule has 1 N–H and O–H groups in total. The molecule has 0 aliphatic heterocycles. The Morgan fingerprint density at radius 1 is 1.31 bits per heavy atom. The van der Waals surface area contributed by atoms with Crippen LogP contribution in [0.5, 0.6) is 6.01 Å². The molecule has 0 aliphatic rings. The maximum absolute atomic E-state index is 12.8. The van der Waals surface area contributed by atoms with Crippen LogP contribution in [0.15, 0.2) is 38.5 Å². The highest BCUT2D eigenvalue weighted by molar-refractivity contribution is 7.92. The number of nitrogens with one attached hydrogen (secondary N) is 1. The number of hydrogen-bond acceptors (Lipinski definition) is 8. The molecule has 11 heteroatoms. The van der Waals surface area contributed by atoms with E-state index in [0.29, 0.717) is 16.9 Å². The number of hydrogen-bond donors (Lipinski definition) is 1. The second-order valence-electron chi connectivity index (χ2n) is 5.65. The summed E-state index contributed by atoms with van der Waals surface area (Å²) in [4.78, 5) is 21.3. The van der Waals surface area contributed by atoms with Crippen molar-refractivity contribution >= 4 is 32.6 Å². The van der Waals surface area contributed by atoms with Crippen molar-refractivity contribution in [1.82, 2.24) is 14.5 Å². The molecule has 0 radical (unpaired) electrons. The summed E-state index contributed by atoms with van der Waals surface area (Å²) < 4.78 is 39.2. The lowest BCUT2D eigenvalue weighted by molar-refractivity contribution is 0.380. The molecule has 10 nitrogen and oxygen atoms in total. The molecule has 0 atom stereocenters. The van der Waals surface area contributed by atoms with E-state index in [1.165, 1.54) is 43.1 Å². The van der Waals surface area contributed by atoms with Crippen LogP contribution in [0.2, 0.25) is 0 Å². The van der Waals surface area contributed by atoms with E-state index < -0.39 is 15.8 Å². The average molecular weight is 379 g/mol. The Balaban J connectivity index is 2.04. The molecular formula is C15H17N5O5S. The first kappa shape index (κ1) is 17.7. The summed E-state index contributed by atoms with van der Waals surface area (Å²) in [7, 11) is 2.41. The first-order chi connectivity index (χ1) is 12.2. The molecule has 0 bridgehead atoms. The third-order valence-electron chi connectivity index (χ3n) is 3.67. The van der Waals surface area contributed by atoms with Gasteiger partial charge in [0.05, 0.1) is 23.7 Å². The van der Waals surface area contributed by atoms with Gasteiger partial charge in [0, 0.05) is 21.1 Å². The Bertz CT molecular complexity index is 1130. The molecule has 0 saturated carbocycles. The van der Waals surface area contributed by atoms with Crippen molar-refractivity contribution in [3.8, 4) is 6.01 Å². The predicted molar refractivity (Wildman–Crippen MR) is 95.2 cm³/mol. The van der Waals surface area contributed by atoms with Gasteiger partial charge >= 0.3 is 11.8 Å². The highest BCUT2D eigenvalue weighted by Gasteiger charge is 2.20. The van der Waals surface area contributed by atoms with E-state index in [1.807, 2.05) is 0 Å². The van der Waals surface area contributed by atoms with Crippen LogP contribution in [0.4, 0.5) is 11.5 Å². The Labute approximate surface area is 149 Å². The largest absolute Gasteiger partial charge is 0.467 e. The van der Waals surface area contributed by atoms with E-state index >= 15 is 0 Å². The van der Waals surface area contributed by atoms with Crippen LogP contribution in [0.3, 0.4) is 0 Å². The summed E-state index contributed by atoms with van der Waals surface area (Å²) in [5, 5.41) is 0. The van der Waals surface area contributed by atoms with Crippen LogP contribution in [-0.2, 0) is 17.1 Å². The van der Waals surface area contributed by atoms with E-state index in [4.69, 9.17) is 9.15 Å². The van der Waals surface area contributed by atoms with Crippen molar-refractivity contribution in [2.24, 2.45) is 7.05 Å². The van der Waals surface area contributed by atoms with Crippen molar-refractivity contribution in [3.05, 3.63) is 34.9 Å². The molecule has 0 fully saturated rings. The fourth-order valence-electron chi connectivity index (χ4n) is 2.35. The molecule has 0 unspecified atom stereocenters. The van der Waals surface area contributed by atoms with Crippen LogP contribution >= 0.6 is 0 Å². The number of methoxy groups -OCH3 is 1. The van der Waals surface area contributed by atoms with E-state index in [2.05, 4.69) is 14.7 Å². The third-order valence-corrected chi connectivity index (χ3v) is 5.03. The molecule has 0 amide bonds. The molecule has 1 aromatic carbocycles. The van der Waals surface area contributed by atoms with E-state index in [1.54, 1.807) is 19.0 Å². The molecule has 3 rings (SSSR count). The van der Waals surface area contributed by atoms with Crippen LogP contribution in [-0.4, -0.2) is 44.2 Å². The molecule has 3 aromatic rings. The van der Waals surface area contributed by atoms with Crippen LogP contribution in [0.25, 0.3) is 11.1 Å². The number of nitrogens with zero attached hydrogens (tertiary/aromatic N) is 4. The van der Waals surface area contributed by atoms with Crippen molar-refractivity contribution in [2.45, 2.75) is 4.90 Å². The van der Waals surface area contributed by atoms with Gasteiger partial charge in [-0.15, -0.1) is 0 Å². The van der Waals surface area contributed by atoms with Gasteiger partial charge in [-0.2, -0.15) is 4.98 Å². The molecule has 2 aromatic heterocycles. The van der Waals surface area contributed by atoms with Gasteiger partial charge in [0.1, 0.15) is 5.69 Å². The van der Waals surface area contributed by atoms with Crippen molar-refractivity contribution < 1.29 is 17.6 Å². The third kappa shape index (κ3) is 3.08. The average Bonchev–Trinajstić information content (AvgIpc) is 2.88. The zero-order valence-electron chi connectivity index (χ0n) is 14.5. The zero-order valence-corrected chi connectivity index (χ0v) is 15.4. The first-order valence-corrected chi connectivity index (χ1v) is 8.92. The van der Waals surface area contributed by atoms with Crippen molar-refractivity contribution in [2.75, 3.05) is 30.8 Å². The Kier molecular flexibility index (Phi) is 4.32. The fourth-order valence-corrected chi connectivity index (χ4v) is 3.41. The lowest BCUT2D eigenvalue weighted by atomic mass is 10.3. The van der Waals surface area contributed by atoms with Gasteiger partial charge in [0.25, 0.3) is 10.0 Å². The molecule has 0 saturated heterocycles. The number of fused-ring (bicyclic) bond motifs is 1. The summed E-state index contributed by atoms with van der Waals surface area (Å²) in [6.45, 7) is 0. The van der Waals surface area contributed by atoms with E-state index in [9.17, 15) is 13.2 Å². The molecule has 2 heterocycles. The quantitative estimate of drug-likeness (QED) is 0.691. The number of anilines is 2. The van der Waals surface area contributed by atoms with Gasteiger partial charge in [0.2, 0.25) is 0 Å². The maximum atomic E-state index is 12.8. The monoisotopic (exact) mass is 379 g/mol. The van der Waals surface area contributed by atoms with Crippen LogP contribution < -0.4 is 20.1 Å². The number of ether oxygens (including phenoxy) is 1. The van der Waals surface area contributed by atoms with Crippen molar-refractivity contribution in [3.63, 3.8) is 0 Å². The van der Waals surface area contributed by atoms with E-state index in [0.717, 1.165) is 0 Å². The highest BCUT2D eigenvalue weighted by atomic mass is 32.2. The van der Waals surface area contributed by atoms with E-state index in [-0.39, 0.29) is 16.6 Å². The Morgan fingerprint density at radius 2 is 2.04 bits per heavy atom. The summed E-state index contributed by atoms with van der Waals surface area (Å²) in [5.41, 5.74) is 0.867. The SMILES string of the molecule is COc1ncc(NS(=O)(=O)c2ccc3oc(=O)n(C)c3c2)c(N(C)C)n1. The number of oxazole rings is 1. The number of aryl methyl sites for hydroxylation is 1. The van der Waals surface area contributed by atoms with Gasteiger partial charge in [-0.3, -0.25) is 9.29 Å². The topological polar surface area (TPSA) is 120 Å². The van der Waals surface area contributed by atoms with Crippen molar-refractivity contribution in [1.29, 1.82) is 0 Å². The summed E-state index contributed by atoms with van der Waals surface area (Å²) in [6.07, 6.45) is 1.32. The van der Waals surface area contributed by atoms with Gasteiger partial charge in [-0.05, 0) is 18.2 Å². The standard InChI is InChI=1S/C15H17N5O5S/c1-19(2)13-10(8-16-14(17-13)24-4)18-26(22,23)9-5-6-12-11(7-9)20(3)15(21)25-12/h5-8,18H,1-4H3. The second kappa shape index (κ2) is 6.33. The zero-order chi connectivity index (χ0) is 19.1. The minimum atomic E-state index is -3.94. The first-order valence-electron chi connectivity index (χ1n) is 7.43. The molecule has 0 aliphatic carbocycles. The summed E-state index contributed by atoms with van der Waals surface area (Å²) in [5.74, 6) is -0.224. The number of rotatable bonds is 5. The van der Waals surface area contributed by atoms with Crippen LogP contribution in [0.1, 0.15) is 0 Å². The molecule has 138 valence electrons. The number of aromatic nitrogens is 3. The lowest BCUT2D eigenvalue weighted by Gasteiger charge is -2.17. The smallest absolute Gasteiger partial charge is 0.419 e. The van der Waals surface area contributed by atoms with Gasteiger partial charge in [-0.1, -0.05) is 0 Å². The Morgan fingerprint density at radius 3 is 2.69 bits per heavy atom. The molecule has 0 spiro atoms. The number of benzene rings is 1. The minimum Gasteiger partial charge on any atom is -0.467 e. The van der Waals surface area contributed by atoms with Crippen LogP contribution in [0, 0.1) is 0 Å². The Hall–Kier alpha value is -3.08. The molecular weight excluding hydrogens is 362 g/mol. The lowest BCUT2D eigenvalue weighted by Crippen LogP contribution is -2.19. The molecule has 26 heavy (non-hydrogen) atoms. The summed E-state index contributed by atoms with van der Waals surface area (Å²) in [6, 6.07) is 4.27. The minimum absolute atomic E-state index is 0.0260. The second-order valence-corrected chi connectivity index (χ2v) is 7.33.